The molecule has 3 rings (SSSR count). The van der Waals surface area contributed by atoms with E-state index in [1.165, 1.54) is 0 Å². The summed E-state index contributed by atoms with van der Waals surface area (Å²) in [6.07, 6.45) is 2.20. The largest absolute Gasteiger partial charge is 0.508 e. The van der Waals surface area contributed by atoms with Crippen molar-refractivity contribution in [3.8, 4) is 5.75 Å². The van der Waals surface area contributed by atoms with E-state index in [2.05, 4.69) is 15.9 Å². The molecule has 0 saturated heterocycles. The highest BCUT2D eigenvalue weighted by atomic mass is 79.9. The topological polar surface area (TPSA) is 66.6 Å². The first-order valence-electron chi connectivity index (χ1n) is 7.79. The number of nitrogens with zero attached hydrogens (tertiary/aromatic N) is 1. The van der Waals surface area contributed by atoms with Gasteiger partial charge in [0, 0.05) is 11.0 Å². The number of phenols is 1. The molecular weight excluding hydrogens is 392 g/mol. The van der Waals surface area contributed by atoms with Gasteiger partial charge in [-0.2, -0.15) is 0 Å². The number of halogens is 2. The molecule has 4 nitrogen and oxygen atoms in total. The number of phenolic OH excluding ortho intramolecular Hbond substituents is 1. The van der Waals surface area contributed by atoms with Gasteiger partial charge in [-0.1, -0.05) is 45.7 Å². The van der Waals surface area contributed by atoms with Crippen molar-refractivity contribution in [1.29, 1.82) is 0 Å². The summed E-state index contributed by atoms with van der Waals surface area (Å²) in [5, 5.41) is 10.1. The molecule has 0 spiro atoms. The number of carbonyl (C=O) groups excluding carboxylic acids is 1. The van der Waals surface area contributed by atoms with Crippen molar-refractivity contribution in [2.24, 2.45) is 5.73 Å². The summed E-state index contributed by atoms with van der Waals surface area (Å²) in [5.74, 6) is 0.0336. The van der Waals surface area contributed by atoms with E-state index < -0.39 is 6.04 Å². The van der Waals surface area contributed by atoms with E-state index in [-0.39, 0.29) is 11.7 Å². The molecule has 3 N–H and O–H groups in total. The van der Waals surface area contributed by atoms with Crippen LogP contribution in [0.5, 0.6) is 5.75 Å². The van der Waals surface area contributed by atoms with Crippen LogP contribution >= 0.6 is 27.5 Å². The number of amides is 1. The van der Waals surface area contributed by atoms with Gasteiger partial charge in [0.2, 0.25) is 5.91 Å². The number of carbonyl (C=O) groups is 1. The molecule has 1 amide bonds. The fourth-order valence-electron chi connectivity index (χ4n) is 3.05. The summed E-state index contributed by atoms with van der Waals surface area (Å²) in [6.45, 7) is 0.625. The van der Waals surface area contributed by atoms with E-state index in [9.17, 15) is 9.90 Å². The Bertz CT molecular complexity index is 782. The average Bonchev–Trinajstić information content (AvgIpc) is 2.56. The van der Waals surface area contributed by atoms with Crippen molar-refractivity contribution in [2.45, 2.75) is 25.3 Å². The monoisotopic (exact) mass is 408 g/mol. The number of hydrogen-bond donors (Lipinski definition) is 2. The third-order valence-corrected chi connectivity index (χ3v) is 5.27. The molecular formula is C18H18BrClN2O2. The predicted molar refractivity (Wildman–Crippen MR) is 99.6 cm³/mol. The van der Waals surface area contributed by atoms with Crippen LogP contribution in [0.3, 0.4) is 0 Å². The van der Waals surface area contributed by atoms with Crippen molar-refractivity contribution in [2.75, 3.05) is 11.4 Å². The summed E-state index contributed by atoms with van der Waals surface area (Å²) in [6, 6.07) is 9.99. The zero-order chi connectivity index (χ0) is 17.3. The fraction of sp³-hybridized carbons (Fsp3) is 0.278. The number of aryl methyl sites for hydroxylation is 1. The van der Waals surface area contributed by atoms with Crippen LogP contribution in [0.4, 0.5) is 5.69 Å². The molecule has 1 unspecified atom stereocenters. The molecule has 1 heterocycles. The molecule has 2 aromatic rings. The maximum atomic E-state index is 12.9. The molecule has 6 heteroatoms. The SMILES string of the molecule is NC(Cc1ccc(O)cc1Br)C(=O)N1CCCc2cccc(Cl)c21. The van der Waals surface area contributed by atoms with Crippen LogP contribution in [-0.4, -0.2) is 23.6 Å². The zero-order valence-corrected chi connectivity index (χ0v) is 15.3. The zero-order valence-electron chi connectivity index (χ0n) is 13.0. The molecule has 1 aliphatic heterocycles. The van der Waals surface area contributed by atoms with Crippen molar-refractivity contribution in [3.05, 3.63) is 57.0 Å². The molecule has 0 bridgehead atoms. The first kappa shape index (κ1) is 17.3. The Morgan fingerprint density at radius 2 is 2.17 bits per heavy atom. The summed E-state index contributed by atoms with van der Waals surface area (Å²) in [5.41, 5.74) is 8.93. The maximum Gasteiger partial charge on any atom is 0.244 e. The van der Waals surface area contributed by atoms with E-state index in [1.54, 1.807) is 29.2 Å². The molecule has 1 aliphatic rings. The molecule has 1 atom stereocenters. The van der Waals surface area contributed by atoms with E-state index in [1.807, 2.05) is 12.1 Å². The molecule has 0 aliphatic carbocycles. The van der Waals surface area contributed by atoms with Gasteiger partial charge >= 0.3 is 0 Å². The second-order valence-electron chi connectivity index (χ2n) is 5.93. The smallest absolute Gasteiger partial charge is 0.244 e. The highest BCUT2D eigenvalue weighted by molar-refractivity contribution is 9.10. The minimum absolute atomic E-state index is 0.135. The van der Waals surface area contributed by atoms with E-state index in [0.717, 1.165) is 34.1 Å². The van der Waals surface area contributed by atoms with Gasteiger partial charge in [0.25, 0.3) is 0 Å². The first-order valence-corrected chi connectivity index (χ1v) is 8.96. The molecule has 126 valence electrons. The number of nitrogens with two attached hydrogens (primary N) is 1. The van der Waals surface area contributed by atoms with Gasteiger partial charge < -0.3 is 15.7 Å². The molecule has 2 aromatic carbocycles. The van der Waals surface area contributed by atoms with Crippen molar-refractivity contribution in [1.82, 2.24) is 0 Å². The van der Waals surface area contributed by atoms with Gasteiger partial charge in [0.05, 0.1) is 16.8 Å². The van der Waals surface area contributed by atoms with Gasteiger partial charge in [-0.05, 0) is 48.6 Å². The lowest BCUT2D eigenvalue weighted by Crippen LogP contribution is -2.47. The summed E-state index contributed by atoms with van der Waals surface area (Å²) in [7, 11) is 0. The lowest BCUT2D eigenvalue weighted by molar-refractivity contribution is -0.119. The van der Waals surface area contributed by atoms with Gasteiger partial charge in [0.15, 0.2) is 0 Å². The number of anilines is 1. The summed E-state index contributed by atoms with van der Waals surface area (Å²) in [4.78, 5) is 14.6. The Kier molecular flexibility index (Phi) is 5.13. The van der Waals surface area contributed by atoms with Crippen molar-refractivity contribution < 1.29 is 9.90 Å². The number of hydrogen-bond acceptors (Lipinski definition) is 3. The normalized spacial score (nSPS) is 15.0. The van der Waals surface area contributed by atoms with Crippen LogP contribution in [0.1, 0.15) is 17.5 Å². The Morgan fingerprint density at radius 1 is 1.38 bits per heavy atom. The second kappa shape index (κ2) is 7.13. The third kappa shape index (κ3) is 3.43. The average molecular weight is 410 g/mol. The van der Waals surface area contributed by atoms with Crippen LogP contribution in [0.25, 0.3) is 0 Å². The van der Waals surface area contributed by atoms with Gasteiger partial charge in [0.1, 0.15) is 5.75 Å². The maximum absolute atomic E-state index is 12.9. The van der Waals surface area contributed by atoms with Gasteiger partial charge in [-0.15, -0.1) is 0 Å². The number of rotatable bonds is 3. The molecule has 0 radical (unpaired) electrons. The van der Waals surface area contributed by atoms with Gasteiger partial charge in [-0.25, -0.2) is 0 Å². The second-order valence-corrected chi connectivity index (χ2v) is 7.19. The van der Waals surface area contributed by atoms with Crippen molar-refractivity contribution in [3.63, 3.8) is 0 Å². The van der Waals surface area contributed by atoms with E-state index in [0.29, 0.717) is 18.0 Å². The number of benzene rings is 2. The molecule has 0 fully saturated rings. The lowest BCUT2D eigenvalue weighted by Gasteiger charge is -2.32. The fourth-order valence-corrected chi connectivity index (χ4v) is 3.87. The Hall–Kier alpha value is -1.56. The number of aromatic hydroxyl groups is 1. The minimum Gasteiger partial charge on any atom is -0.508 e. The minimum atomic E-state index is -0.673. The predicted octanol–water partition coefficient (Wildman–Crippen LogP) is 3.66. The Balaban J connectivity index is 1.82. The van der Waals surface area contributed by atoms with Crippen LogP contribution in [0, 0.1) is 0 Å². The number of fused-ring (bicyclic) bond motifs is 1. The highest BCUT2D eigenvalue weighted by Gasteiger charge is 2.28. The quantitative estimate of drug-likeness (QED) is 0.813. The molecule has 0 aromatic heterocycles. The van der Waals surface area contributed by atoms with E-state index >= 15 is 0 Å². The van der Waals surface area contributed by atoms with Crippen molar-refractivity contribution >= 4 is 39.1 Å². The van der Waals surface area contributed by atoms with Gasteiger partial charge in [-0.3, -0.25) is 4.79 Å². The van der Waals surface area contributed by atoms with Crippen LogP contribution in [-0.2, 0) is 17.6 Å². The highest BCUT2D eigenvalue weighted by Crippen LogP contribution is 2.34. The van der Waals surface area contributed by atoms with E-state index in [4.69, 9.17) is 17.3 Å². The Morgan fingerprint density at radius 3 is 2.92 bits per heavy atom. The van der Waals surface area contributed by atoms with Crippen LogP contribution in [0.15, 0.2) is 40.9 Å². The van der Waals surface area contributed by atoms with Crippen LogP contribution < -0.4 is 10.6 Å². The lowest BCUT2D eigenvalue weighted by atomic mass is 9.99. The summed E-state index contributed by atoms with van der Waals surface area (Å²) >= 11 is 9.72. The Labute approximate surface area is 154 Å². The van der Waals surface area contributed by atoms with Crippen LogP contribution in [0.2, 0.25) is 5.02 Å². The molecule has 24 heavy (non-hydrogen) atoms. The first-order chi connectivity index (χ1) is 11.5. The standard InChI is InChI=1S/C18H18BrClN2O2/c19-14-10-13(23)7-6-12(14)9-16(21)18(24)22-8-2-4-11-3-1-5-15(20)17(11)22/h1,3,5-7,10,16,23H,2,4,8-9,21H2. The molecule has 0 saturated carbocycles. The summed E-state index contributed by atoms with van der Waals surface area (Å²) < 4.78 is 0.739. The third-order valence-electron chi connectivity index (χ3n) is 4.23. The number of para-hydroxylation sites is 1.